The number of hydrogen-bond donors (Lipinski definition) is 5. The first-order valence-electron chi connectivity index (χ1n) is 9.15. The van der Waals surface area contributed by atoms with Crippen LogP contribution < -0.4 is 34.3 Å². The first kappa shape index (κ1) is 24.0. The molecule has 0 aromatic carbocycles. The minimum atomic E-state index is -0.324. The van der Waals surface area contributed by atoms with Crippen LogP contribution in [0.25, 0.3) is 11.0 Å². The van der Waals surface area contributed by atoms with Crippen molar-refractivity contribution in [1.29, 1.82) is 0 Å². The highest BCUT2D eigenvalue weighted by Crippen LogP contribution is 2.06. The quantitative estimate of drug-likeness (QED) is 0.281. The Balaban J connectivity index is 0.000000338. The topological polar surface area (TPSA) is 186 Å². The summed E-state index contributed by atoms with van der Waals surface area (Å²) in [5, 5.41) is 4.46. The third-order valence-electron chi connectivity index (χ3n) is 4.57. The van der Waals surface area contributed by atoms with Crippen LogP contribution in [0.5, 0.6) is 0 Å². The lowest BCUT2D eigenvalue weighted by Gasteiger charge is -2.35. The van der Waals surface area contributed by atoms with Gasteiger partial charge in [-0.15, -0.1) is 0 Å². The van der Waals surface area contributed by atoms with Gasteiger partial charge in [0.1, 0.15) is 5.82 Å². The van der Waals surface area contributed by atoms with E-state index in [9.17, 15) is 24.0 Å². The maximum absolute atomic E-state index is 11.3. The molecule has 6 N–H and O–H groups in total. The van der Waals surface area contributed by atoms with Crippen LogP contribution >= 0.6 is 0 Å². The second-order valence-corrected chi connectivity index (χ2v) is 7.08. The molecule has 2 aliphatic rings. The molecule has 0 radical (unpaired) electrons. The zero-order chi connectivity index (χ0) is 21.8. The molecule has 2 aromatic heterocycles. The summed E-state index contributed by atoms with van der Waals surface area (Å²) < 4.78 is 0. The Hall–Kier alpha value is -3.29. The molecule has 14 heteroatoms. The number of nitrogens with zero attached hydrogens (tertiary/aromatic N) is 3. The number of fused-ring (bicyclic) bond motifs is 1. The summed E-state index contributed by atoms with van der Waals surface area (Å²) in [6, 6.07) is 1.54. The molecule has 0 bridgehead atoms. The van der Waals surface area contributed by atoms with Gasteiger partial charge in [-0.05, 0) is 6.92 Å². The third-order valence-corrected chi connectivity index (χ3v) is 4.57. The summed E-state index contributed by atoms with van der Waals surface area (Å²) in [5.41, 5.74) is 6.16. The summed E-state index contributed by atoms with van der Waals surface area (Å²) in [4.78, 5) is 68.6. The fraction of sp³-hybridized carbons (Fsp3) is 0.412. The molecule has 2 aromatic rings. The van der Waals surface area contributed by atoms with E-state index in [0.29, 0.717) is 23.4 Å². The largest absolute Gasteiger partial charge is 1.00 e. The van der Waals surface area contributed by atoms with Crippen LogP contribution in [-0.2, 0) is 19.2 Å². The molecule has 168 valence electrons. The molecule has 2 saturated heterocycles. The lowest BCUT2D eigenvalue weighted by molar-refractivity contribution is -0.140. The van der Waals surface area contributed by atoms with Crippen LogP contribution in [0.2, 0.25) is 0 Å². The van der Waals surface area contributed by atoms with Gasteiger partial charge in [-0.1, -0.05) is 0 Å². The number of anilines is 1. The highest BCUT2D eigenvalue weighted by molar-refractivity contribution is 6.00. The van der Waals surface area contributed by atoms with Crippen molar-refractivity contribution >= 4 is 40.5 Å². The summed E-state index contributed by atoms with van der Waals surface area (Å²) in [7, 11) is 0. The molecule has 0 aliphatic carbocycles. The molecule has 4 amide bonds. The average Bonchev–Trinajstić information content (AvgIpc) is 3.09. The number of rotatable bonds is 3. The summed E-state index contributed by atoms with van der Waals surface area (Å²) >= 11 is 0. The van der Waals surface area contributed by atoms with Crippen molar-refractivity contribution in [3.05, 3.63) is 22.7 Å². The number of halogens is 1. The number of amides is 4. The van der Waals surface area contributed by atoms with Gasteiger partial charge in [0.15, 0.2) is 5.52 Å². The number of aromatic amines is 2. The molecular formula is C17H23ClN8O5. The van der Waals surface area contributed by atoms with Gasteiger partial charge in [0, 0.05) is 18.7 Å². The first-order chi connectivity index (χ1) is 14.2. The van der Waals surface area contributed by atoms with Gasteiger partial charge < -0.3 is 28.1 Å². The van der Waals surface area contributed by atoms with Gasteiger partial charge in [-0.3, -0.25) is 44.4 Å². The van der Waals surface area contributed by atoms with Crippen LogP contribution in [0.3, 0.4) is 0 Å². The zero-order valence-electron chi connectivity index (χ0n) is 17.6. The second kappa shape index (κ2) is 10.1. The molecule has 0 spiro atoms. The van der Waals surface area contributed by atoms with E-state index in [1.54, 1.807) is 15.9 Å². The fourth-order valence-electron chi connectivity index (χ4n) is 3.26. The first-order valence-corrected chi connectivity index (χ1v) is 9.15. The van der Waals surface area contributed by atoms with Crippen molar-refractivity contribution in [3.8, 4) is 0 Å². The van der Waals surface area contributed by atoms with E-state index in [1.165, 1.54) is 6.33 Å². The van der Waals surface area contributed by atoms with E-state index in [0.717, 1.165) is 0 Å². The SMILES string of the molecule is C[C@@H](CN1CC(=O)NC(=O)C1)N1CC(=O)NC(=O)C1.Nc1cc2[nH]cnc2c(=O)[nH]1.[Cl-].[H+]. The van der Waals surface area contributed by atoms with Gasteiger partial charge in [0.25, 0.3) is 5.56 Å². The molecule has 2 aliphatic heterocycles. The highest BCUT2D eigenvalue weighted by Gasteiger charge is 2.29. The van der Waals surface area contributed by atoms with E-state index in [-0.39, 0.29) is 75.2 Å². The summed E-state index contributed by atoms with van der Waals surface area (Å²) in [6.45, 7) is 2.94. The zero-order valence-corrected chi connectivity index (χ0v) is 17.4. The summed E-state index contributed by atoms with van der Waals surface area (Å²) in [5.74, 6) is -0.954. The molecule has 4 heterocycles. The molecule has 4 rings (SSSR count). The van der Waals surface area contributed by atoms with E-state index in [4.69, 9.17) is 5.73 Å². The number of carbonyl (C=O) groups is 4. The Morgan fingerprint density at radius 3 is 2.16 bits per heavy atom. The number of hydrogen-bond acceptors (Lipinski definition) is 9. The lowest BCUT2D eigenvalue weighted by atomic mass is 10.2. The monoisotopic (exact) mass is 454 g/mol. The predicted molar refractivity (Wildman–Crippen MR) is 106 cm³/mol. The van der Waals surface area contributed by atoms with E-state index in [2.05, 4.69) is 25.6 Å². The molecule has 13 nitrogen and oxygen atoms in total. The number of imide groups is 2. The van der Waals surface area contributed by atoms with Crippen molar-refractivity contribution in [3.63, 3.8) is 0 Å². The lowest BCUT2D eigenvalue weighted by Crippen LogP contribution is -3.00. The van der Waals surface area contributed by atoms with Crippen molar-refractivity contribution in [2.24, 2.45) is 0 Å². The highest BCUT2D eigenvalue weighted by atomic mass is 35.5. The number of carbonyl (C=O) groups excluding carboxylic acids is 4. The van der Waals surface area contributed by atoms with Crippen molar-refractivity contribution < 1.29 is 33.0 Å². The average molecular weight is 455 g/mol. The maximum Gasteiger partial charge on any atom is 1.00 e. The van der Waals surface area contributed by atoms with Crippen molar-refractivity contribution in [1.82, 2.24) is 35.4 Å². The molecule has 0 saturated carbocycles. The Labute approximate surface area is 183 Å². The van der Waals surface area contributed by atoms with Crippen molar-refractivity contribution in [2.45, 2.75) is 13.0 Å². The van der Waals surface area contributed by atoms with Crippen LogP contribution in [0.15, 0.2) is 17.2 Å². The number of aromatic nitrogens is 3. The fourth-order valence-corrected chi connectivity index (χ4v) is 3.26. The normalized spacial score (nSPS) is 18.5. The van der Waals surface area contributed by atoms with E-state index >= 15 is 0 Å². The molecule has 0 unspecified atom stereocenters. The van der Waals surface area contributed by atoms with E-state index < -0.39 is 0 Å². The number of pyridine rings is 1. The Morgan fingerprint density at radius 1 is 1.03 bits per heavy atom. The Morgan fingerprint density at radius 2 is 1.58 bits per heavy atom. The number of nitrogens with two attached hydrogens (primary N) is 1. The van der Waals surface area contributed by atoms with Gasteiger partial charge in [0.05, 0.1) is 38.0 Å². The number of nitrogen functional groups attached to an aromatic ring is 1. The minimum Gasteiger partial charge on any atom is -1.00 e. The second-order valence-electron chi connectivity index (χ2n) is 7.08. The molecule has 2 fully saturated rings. The number of H-pyrrole nitrogens is 2. The Bertz CT molecular complexity index is 1020. The van der Waals surface area contributed by atoms with Crippen LogP contribution in [0.1, 0.15) is 8.35 Å². The predicted octanol–water partition coefficient (Wildman–Crippen LogP) is -5.76. The van der Waals surface area contributed by atoms with Crippen LogP contribution in [0, 0.1) is 0 Å². The standard InChI is InChI=1S/C11H16N4O4.C6H6N4O.ClH/c1-7(15-5-10(18)13-11(19)6-15)2-14-3-8(16)12-9(17)4-14;7-4-1-3-5(6(11)10-4)9-2-8-3;/h7H,2-6H2,1H3,(H,12,16,17)(H,13,18,19);1-2H,(H,8,9)(H3,7,10,11);1H/t7-;;/m0../s1. The maximum atomic E-state index is 11.3. The van der Waals surface area contributed by atoms with Gasteiger partial charge in [-0.2, -0.15) is 0 Å². The third kappa shape index (κ3) is 6.34. The van der Waals surface area contributed by atoms with E-state index in [1.807, 2.05) is 6.92 Å². The van der Waals surface area contributed by atoms with Crippen molar-refractivity contribution in [2.75, 3.05) is 38.5 Å². The molecule has 31 heavy (non-hydrogen) atoms. The van der Waals surface area contributed by atoms with Gasteiger partial charge >= 0.3 is 1.43 Å². The number of nitrogens with one attached hydrogen (secondary N) is 4. The minimum absolute atomic E-state index is 0. The van der Waals surface area contributed by atoms with Crippen LogP contribution in [0.4, 0.5) is 5.82 Å². The summed E-state index contributed by atoms with van der Waals surface area (Å²) in [6.07, 6.45) is 1.46. The molecular weight excluding hydrogens is 432 g/mol. The van der Waals surface area contributed by atoms with Crippen LogP contribution in [-0.4, -0.2) is 87.1 Å². The Kier molecular flexibility index (Phi) is 7.85. The van der Waals surface area contributed by atoms with Gasteiger partial charge in [0.2, 0.25) is 23.6 Å². The molecule has 1 atom stereocenters. The number of imidazole rings is 1. The number of piperazine rings is 2. The van der Waals surface area contributed by atoms with Gasteiger partial charge in [-0.25, -0.2) is 4.98 Å². The smallest absolute Gasteiger partial charge is 1.00 e.